The third kappa shape index (κ3) is 2.78. The molecule has 0 amide bonds. The van der Waals surface area contributed by atoms with Gasteiger partial charge in [-0.25, -0.2) is 13.1 Å². The van der Waals surface area contributed by atoms with E-state index in [0.29, 0.717) is 6.42 Å². The van der Waals surface area contributed by atoms with Gasteiger partial charge in [0.25, 0.3) is 0 Å². The van der Waals surface area contributed by atoms with Crippen molar-refractivity contribution < 1.29 is 19.1 Å². The summed E-state index contributed by atoms with van der Waals surface area (Å²) in [6.45, 7) is 20.1. The van der Waals surface area contributed by atoms with Gasteiger partial charge in [-0.05, 0) is 20.3 Å². The summed E-state index contributed by atoms with van der Waals surface area (Å²) >= 11 is 0. The van der Waals surface area contributed by atoms with Crippen LogP contribution in [-0.2, 0) is 19.1 Å². The van der Waals surface area contributed by atoms with Gasteiger partial charge in [0.05, 0.1) is 24.2 Å². The normalized spacial score (nSPS) is 34.0. The summed E-state index contributed by atoms with van der Waals surface area (Å²) < 4.78 is 10.9. The van der Waals surface area contributed by atoms with Crippen LogP contribution in [0.25, 0.3) is 9.69 Å². The molecule has 6 heteroatoms. The number of esters is 2. The number of hydrogen-bond acceptors (Lipinski definition) is 4. The highest BCUT2D eigenvalue weighted by Gasteiger charge is 2.59. The zero-order valence-electron chi connectivity index (χ0n) is 13.0. The van der Waals surface area contributed by atoms with Crippen molar-refractivity contribution in [2.45, 2.75) is 64.3 Å². The fourth-order valence-corrected chi connectivity index (χ4v) is 2.93. The van der Waals surface area contributed by atoms with Gasteiger partial charge in [-0.1, -0.05) is 6.92 Å². The fourth-order valence-electron chi connectivity index (χ4n) is 2.93. The molecule has 1 saturated heterocycles. The lowest BCUT2D eigenvalue weighted by molar-refractivity contribution is -0.174. The van der Waals surface area contributed by atoms with E-state index in [0.717, 1.165) is 0 Å². The van der Waals surface area contributed by atoms with Crippen LogP contribution in [0.1, 0.15) is 40.0 Å². The Morgan fingerprint density at radius 2 is 2.09 bits per heavy atom. The number of fused-ring (bicyclic) bond motifs is 1. The summed E-state index contributed by atoms with van der Waals surface area (Å²) in [5.74, 6) is -1.10. The lowest BCUT2D eigenvalue weighted by Gasteiger charge is -2.34. The summed E-state index contributed by atoms with van der Waals surface area (Å²) in [4.78, 5) is 30.9. The predicted molar refractivity (Wildman–Crippen MR) is 77.3 cm³/mol. The third-order valence-electron chi connectivity index (χ3n) is 4.77. The Balaban J connectivity index is 2.22. The summed E-state index contributed by atoms with van der Waals surface area (Å²) in [7, 11) is 0. The van der Waals surface area contributed by atoms with E-state index in [1.54, 1.807) is 13.8 Å². The summed E-state index contributed by atoms with van der Waals surface area (Å²) in [6.07, 6.45) is -0.234. The van der Waals surface area contributed by atoms with E-state index >= 15 is 0 Å². The third-order valence-corrected chi connectivity index (χ3v) is 4.77. The molecular weight excluding hydrogens is 284 g/mol. The molecule has 6 nitrogen and oxygen atoms in total. The molecule has 0 bridgehead atoms. The van der Waals surface area contributed by atoms with Crippen molar-refractivity contribution >= 4 is 11.9 Å². The Labute approximate surface area is 130 Å². The van der Waals surface area contributed by atoms with E-state index in [4.69, 9.17) is 22.6 Å². The molecule has 1 aliphatic carbocycles. The average Bonchev–Trinajstić information content (AvgIpc) is 2.88. The van der Waals surface area contributed by atoms with E-state index in [9.17, 15) is 9.59 Å². The first-order valence-corrected chi connectivity index (χ1v) is 7.47. The van der Waals surface area contributed by atoms with Gasteiger partial charge in [0.1, 0.15) is 12.2 Å². The molecular formula is C16H20N2O4. The van der Waals surface area contributed by atoms with Crippen LogP contribution in [0, 0.1) is 24.5 Å². The van der Waals surface area contributed by atoms with Gasteiger partial charge in [-0.2, -0.15) is 0 Å². The van der Waals surface area contributed by atoms with Crippen molar-refractivity contribution in [1.82, 2.24) is 0 Å². The molecule has 1 heterocycles. The van der Waals surface area contributed by atoms with Gasteiger partial charge >= 0.3 is 24.0 Å². The lowest BCUT2D eigenvalue weighted by atomic mass is 9.77. The highest BCUT2D eigenvalue weighted by atomic mass is 16.6. The van der Waals surface area contributed by atoms with Gasteiger partial charge in [-0.15, -0.1) is 0 Å². The van der Waals surface area contributed by atoms with Crippen molar-refractivity contribution in [3.63, 3.8) is 0 Å². The van der Waals surface area contributed by atoms with E-state index in [1.165, 1.54) is 0 Å². The maximum absolute atomic E-state index is 12.3. The Morgan fingerprint density at radius 3 is 2.64 bits per heavy atom. The van der Waals surface area contributed by atoms with Crippen molar-refractivity contribution in [3.8, 4) is 0 Å². The molecule has 2 fully saturated rings. The monoisotopic (exact) mass is 304 g/mol. The van der Waals surface area contributed by atoms with Crippen LogP contribution < -0.4 is 0 Å². The molecule has 0 aromatic rings. The van der Waals surface area contributed by atoms with Crippen molar-refractivity contribution in [2.75, 3.05) is 0 Å². The van der Waals surface area contributed by atoms with Crippen LogP contribution in [0.3, 0.4) is 0 Å². The van der Waals surface area contributed by atoms with Gasteiger partial charge in [0.2, 0.25) is 0 Å². The zero-order chi connectivity index (χ0) is 16.5. The fraction of sp³-hybridized carbons (Fsp3) is 0.750. The first kappa shape index (κ1) is 16.3. The topological polar surface area (TPSA) is 61.3 Å². The predicted octanol–water partition coefficient (Wildman–Crippen LogP) is 2.25. The number of rotatable bonds is 3. The molecule has 2 aliphatic rings. The van der Waals surface area contributed by atoms with Crippen molar-refractivity contribution in [3.05, 3.63) is 22.8 Å². The second-order valence-corrected chi connectivity index (χ2v) is 6.56. The first-order chi connectivity index (χ1) is 10.3. The van der Waals surface area contributed by atoms with E-state index < -0.39 is 29.7 Å². The molecule has 22 heavy (non-hydrogen) atoms. The van der Waals surface area contributed by atoms with Crippen LogP contribution in [0.15, 0.2) is 0 Å². The Hall–Kier alpha value is -2.08. The molecule has 0 N–H and O–H groups in total. The molecule has 118 valence electrons. The second-order valence-electron chi connectivity index (χ2n) is 6.56. The standard InChI is InChI=1S/C16H20N2O4/c1-6-16(2,3)15(20)21-11-8-10(17-4)13(18-5)9-7-12(19)22-14(9)11/h9-11,13-14H,6-8H2,1-3H3. The molecule has 0 spiro atoms. The largest absolute Gasteiger partial charge is 0.458 e. The molecule has 5 atom stereocenters. The maximum atomic E-state index is 12.3. The molecule has 0 aromatic heterocycles. The quantitative estimate of drug-likeness (QED) is 0.592. The second kappa shape index (κ2) is 5.96. The van der Waals surface area contributed by atoms with Gasteiger partial charge in [0.15, 0.2) is 0 Å². The summed E-state index contributed by atoms with van der Waals surface area (Å²) in [6, 6.07) is -1.13. The van der Waals surface area contributed by atoms with Crippen LogP contribution in [0.2, 0.25) is 0 Å². The van der Waals surface area contributed by atoms with E-state index in [1.807, 2.05) is 6.92 Å². The minimum Gasteiger partial charge on any atom is -0.458 e. The molecule has 5 unspecified atom stereocenters. The molecule has 0 radical (unpaired) electrons. The van der Waals surface area contributed by atoms with E-state index in [-0.39, 0.29) is 30.7 Å². The molecule has 0 aromatic carbocycles. The highest BCUT2D eigenvalue weighted by Crippen LogP contribution is 2.40. The number of nitrogens with zero attached hydrogens (tertiary/aromatic N) is 2. The maximum Gasteiger partial charge on any atom is 0.311 e. The number of ether oxygens (including phenoxy) is 2. The minimum atomic E-state index is -0.633. The Kier molecular flexibility index (Phi) is 4.42. The zero-order valence-corrected chi connectivity index (χ0v) is 13.0. The molecule has 1 aliphatic heterocycles. The van der Waals surface area contributed by atoms with Crippen molar-refractivity contribution in [2.24, 2.45) is 11.3 Å². The van der Waals surface area contributed by atoms with Crippen LogP contribution in [-0.4, -0.2) is 36.2 Å². The first-order valence-electron chi connectivity index (χ1n) is 7.47. The SMILES string of the molecule is [C-]#[N+]C1CC(OC(=O)C(C)(C)CC)C2OC(=O)CC2C1[N+]#[C-]. The molecule has 1 saturated carbocycles. The minimum absolute atomic E-state index is 0.120. The van der Waals surface area contributed by atoms with Gasteiger partial charge < -0.3 is 19.2 Å². The van der Waals surface area contributed by atoms with Gasteiger partial charge in [-0.3, -0.25) is 9.59 Å². The number of carbonyl (C=O) groups excluding carboxylic acids is 2. The smallest absolute Gasteiger partial charge is 0.311 e. The molecule has 2 rings (SSSR count). The Bertz CT molecular complexity index is 557. The van der Waals surface area contributed by atoms with Gasteiger partial charge in [0, 0.05) is 0 Å². The van der Waals surface area contributed by atoms with Crippen LogP contribution >= 0.6 is 0 Å². The van der Waals surface area contributed by atoms with Crippen LogP contribution in [0.5, 0.6) is 0 Å². The highest BCUT2D eigenvalue weighted by molar-refractivity contribution is 5.76. The summed E-state index contributed by atoms with van der Waals surface area (Å²) in [5.41, 5.74) is -0.623. The summed E-state index contributed by atoms with van der Waals surface area (Å²) in [5, 5.41) is 0. The van der Waals surface area contributed by atoms with E-state index in [2.05, 4.69) is 9.69 Å². The lowest BCUT2D eigenvalue weighted by Crippen LogP contribution is -2.50. The average molecular weight is 304 g/mol. The van der Waals surface area contributed by atoms with Crippen molar-refractivity contribution in [1.29, 1.82) is 0 Å². The Morgan fingerprint density at radius 1 is 1.41 bits per heavy atom. The number of hydrogen-bond donors (Lipinski definition) is 0. The van der Waals surface area contributed by atoms with Crippen LogP contribution in [0.4, 0.5) is 0 Å². The number of carbonyl (C=O) groups is 2.